The molecule has 0 aliphatic heterocycles. The third kappa shape index (κ3) is 4.25. The number of halogens is 5. The normalized spacial score (nSPS) is 11.6. The lowest BCUT2D eigenvalue weighted by atomic mass is 10.1. The average Bonchev–Trinajstić information content (AvgIpc) is 2.98. The zero-order chi connectivity index (χ0) is 19.6. The molecule has 2 aromatic carbocycles. The Morgan fingerprint density at radius 2 is 1.81 bits per heavy atom. The van der Waals surface area contributed by atoms with E-state index in [0.717, 1.165) is 12.1 Å². The summed E-state index contributed by atoms with van der Waals surface area (Å²) in [5.74, 6) is -1.89. The summed E-state index contributed by atoms with van der Waals surface area (Å²) in [6, 6.07) is 8.70. The molecule has 3 rings (SSSR count). The second-order valence-electron chi connectivity index (χ2n) is 5.65. The number of aromatic nitrogens is 2. The van der Waals surface area contributed by atoms with E-state index in [-0.39, 0.29) is 35.7 Å². The number of imidazole rings is 1. The first kappa shape index (κ1) is 18.8. The molecular weight excluding hydrogens is 369 g/mol. The third-order valence-electron chi connectivity index (χ3n) is 3.86. The standard InChI is InChI=1S/C18H14F5N3O/c19-12-5-6-13(14(20)7-12)17-15(8-24)26(10-25-17)9-11-3-1-2-4-16(11)27-18(21,22)23/h1-7,10H,8-9,24H2. The molecule has 27 heavy (non-hydrogen) atoms. The summed E-state index contributed by atoms with van der Waals surface area (Å²) >= 11 is 0. The first-order valence-electron chi connectivity index (χ1n) is 7.81. The largest absolute Gasteiger partial charge is 0.573 e. The highest BCUT2D eigenvalue weighted by Gasteiger charge is 2.32. The molecule has 3 aromatic rings. The molecule has 142 valence electrons. The quantitative estimate of drug-likeness (QED) is 0.671. The smallest absolute Gasteiger partial charge is 0.405 e. The fraction of sp³-hybridized carbons (Fsp3) is 0.167. The number of hydrogen-bond acceptors (Lipinski definition) is 3. The molecule has 4 nitrogen and oxygen atoms in total. The first-order chi connectivity index (χ1) is 12.8. The minimum absolute atomic E-state index is 0.0192. The number of ether oxygens (including phenoxy) is 1. The van der Waals surface area contributed by atoms with E-state index < -0.39 is 18.0 Å². The molecule has 0 unspecified atom stereocenters. The van der Waals surface area contributed by atoms with Crippen molar-refractivity contribution in [2.24, 2.45) is 5.73 Å². The van der Waals surface area contributed by atoms with E-state index in [1.807, 2.05) is 0 Å². The molecule has 0 saturated heterocycles. The van der Waals surface area contributed by atoms with Crippen molar-refractivity contribution in [3.05, 3.63) is 71.7 Å². The van der Waals surface area contributed by atoms with Crippen LogP contribution in [0.5, 0.6) is 5.75 Å². The molecule has 0 amide bonds. The average molecular weight is 383 g/mol. The van der Waals surface area contributed by atoms with Gasteiger partial charge in [-0.05, 0) is 18.2 Å². The van der Waals surface area contributed by atoms with Crippen LogP contribution in [-0.2, 0) is 13.1 Å². The van der Waals surface area contributed by atoms with E-state index in [1.165, 1.54) is 35.2 Å². The molecule has 0 bridgehead atoms. The minimum Gasteiger partial charge on any atom is -0.405 e. The van der Waals surface area contributed by atoms with E-state index in [1.54, 1.807) is 6.07 Å². The maximum atomic E-state index is 14.1. The summed E-state index contributed by atoms with van der Waals surface area (Å²) < 4.78 is 70.4. The predicted octanol–water partition coefficient (Wildman–Crippen LogP) is 4.23. The van der Waals surface area contributed by atoms with Crippen molar-refractivity contribution in [1.82, 2.24) is 9.55 Å². The number of nitrogens with two attached hydrogens (primary N) is 1. The van der Waals surface area contributed by atoms with E-state index in [9.17, 15) is 22.0 Å². The molecule has 0 atom stereocenters. The van der Waals surface area contributed by atoms with Gasteiger partial charge in [-0.15, -0.1) is 13.2 Å². The number of alkyl halides is 3. The highest BCUT2D eigenvalue weighted by Crippen LogP contribution is 2.29. The number of benzene rings is 2. The van der Waals surface area contributed by atoms with Crippen molar-refractivity contribution in [2.45, 2.75) is 19.5 Å². The van der Waals surface area contributed by atoms with Gasteiger partial charge in [0.2, 0.25) is 0 Å². The zero-order valence-corrected chi connectivity index (χ0v) is 13.8. The van der Waals surface area contributed by atoms with Crippen LogP contribution in [0.1, 0.15) is 11.3 Å². The van der Waals surface area contributed by atoms with Gasteiger partial charge < -0.3 is 15.0 Å². The predicted molar refractivity (Wildman–Crippen MR) is 87.7 cm³/mol. The summed E-state index contributed by atoms with van der Waals surface area (Å²) in [6.07, 6.45) is -3.49. The van der Waals surface area contributed by atoms with Gasteiger partial charge in [0.05, 0.1) is 24.3 Å². The van der Waals surface area contributed by atoms with Crippen molar-refractivity contribution in [1.29, 1.82) is 0 Å². The third-order valence-corrected chi connectivity index (χ3v) is 3.86. The Morgan fingerprint density at radius 1 is 1.07 bits per heavy atom. The fourth-order valence-electron chi connectivity index (χ4n) is 2.71. The SMILES string of the molecule is NCc1c(-c2ccc(F)cc2F)ncn1Cc1ccccc1OC(F)(F)F. The summed E-state index contributed by atoms with van der Waals surface area (Å²) in [6.45, 7) is -0.0664. The Kier molecular flexibility index (Phi) is 5.13. The lowest BCUT2D eigenvalue weighted by molar-refractivity contribution is -0.274. The van der Waals surface area contributed by atoms with Crippen LogP contribution in [0.25, 0.3) is 11.3 Å². The Balaban J connectivity index is 1.97. The van der Waals surface area contributed by atoms with Gasteiger partial charge in [-0.1, -0.05) is 18.2 Å². The number of rotatable bonds is 5. The Morgan fingerprint density at radius 3 is 2.48 bits per heavy atom. The van der Waals surface area contributed by atoms with Crippen LogP contribution < -0.4 is 10.5 Å². The van der Waals surface area contributed by atoms with Gasteiger partial charge in [-0.25, -0.2) is 13.8 Å². The minimum atomic E-state index is -4.83. The fourth-order valence-corrected chi connectivity index (χ4v) is 2.71. The molecule has 0 saturated carbocycles. The Bertz CT molecular complexity index is 952. The van der Waals surface area contributed by atoms with Crippen molar-refractivity contribution >= 4 is 0 Å². The van der Waals surface area contributed by atoms with Crippen LogP contribution in [0.2, 0.25) is 0 Å². The molecular formula is C18H14F5N3O. The van der Waals surface area contributed by atoms with E-state index in [2.05, 4.69) is 9.72 Å². The molecule has 2 N–H and O–H groups in total. The number of hydrogen-bond donors (Lipinski definition) is 1. The van der Waals surface area contributed by atoms with Gasteiger partial charge in [0.15, 0.2) is 0 Å². The molecule has 0 fully saturated rings. The van der Waals surface area contributed by atoms with Crippen LogP contribution in [0.3, 0.4) is 0 Å². The second kappa shape index (κ2) is 7.36. The molecule has 0 radical (unpaired) electrons. The summed E-state index contributed by atoms with van der Waals surface area (Å²) in [5.41, 5.74) is 6.62. The van der Waals surface area contributed by atoms with E-state index >= 15 is 0 Å². The van der Waals surface area contributed by atoms with E-state index in [0.29, 0.717) is 5.69 Å². The maximum absolute atomic E-state index is 14.1. The summed E-state index contributed by atoms with van der Waals surface area (Å²) in [4.78, 5) is 4.11. The van der Waals surface area contributed by atoms with Gasteiger partial charge in [-0.2, -0.15) is 0 Å². The summed E-state index contributed by atoms with van der Waals surface area (Å²) in [5, 5.41) is 0. The van der Waals surface area contributed by atoms with Gasteiger partial charge in [0.1, 0.15) is 17.4 Å². The van der Waals surface area contributed by atoms with Crippen LogP contribution in [0, 0.1) is 11.6 Å². The molecule has 0 aliphatic carbocycles. The molecule has 0 spiro atoms. The van der Waals surface area contributed by atoms with Crippen molar-refractivity contribution < 1.29 is 26.7 Å². The Labute approximate surface area is 151 Å². The van der Waals surface area contributed by atoms with Gasteiger partial charge in [0, 0.05) is 23.7 Å². The molecule has 9 heteroatoms. The van der Waals surface area contributed by atoms with Crippen LogP contribution in [0.4, 0.5) is 22.0 Å². The van der Waals surface area contributed by atoms with Crippen LogP contribution in [-0.4, -0.2) is 15.9 Å². The highest BCUT2D eigenvalue weighted by molar-refractivity contribution is 5.62. The van der Waals surface area contributed by atoms with E-state index in [4.69, 9.17) is 5.73 Å². The molecule has 0 aliphatic rings. The van der Waals surface area contributed by atoms with Gasteiger partial charge >= 0.3 is 6.36 Å². The van der Waals surface area contributed by atoms with Crippen molar-refractivity contribution in [3.8, 4) is 17.0 Å². The molecule has 1 heterocycles. The Hall–Kier alpha value is -2.94. The lowest BCUT2D eigenvalue weighted by Crippen LogP contribution is -2.19. The molecule has 1 aromatic heterocycles. The lowest BCUT2D eigenvalue weighted by Gasteiger charge is -2.15. The van der Waals surface area contributed by atoms with Crippen LogP contribution >= 0.6 is 0 Å². The maximum Gasteiger partial charge on any atom is 0.573 e. The topological polar surface area (TPSA) is 53.1 Å². The van der Waals surface area contributed by atoms with Gasteiger partial charge in [-0.3, -0.25) is 0 Å². The van der Waals surface area contributed by atoms with Crippen LogP contribution in [0.15, 0.2) is 48.8 Å². The number of nitrogens with zero attached hydrogens (tertiary/aromatic N) is 2. The zero-order valence-electron chi connectivity index (χ0n) is 13.8. The van der Waals surface area contributed by atoms with Crippen molar-refractivity contribution in [2.75, 3.05) is 0 Å². The first-order valence-corrected chi connectivity index (χ1v) is 7.81. The summed E-state index contributed by atoms with van der Waals surface area (Å²) in [7, 11) is 0. The number of para-hydroxylation sites is 1. The van der Waals surface area contributed by atoms with Gasteiger partial charge in [0.25, 0.3) is 0 Å². The highest BCUT2D eigenvalue weighted by atomic mass is 19.4. The monoisotopic (exact) mass is 383 g/mol. The second-order valence-corrected chi connectivity index (χ2v) is 5.65. The van der Waals surface area contributed by atoms with Crippen molar-refractivity contribution in [3.63, 3.8) is 0 Å².